The van der Waals surface area contributed by atoms with E-state index < -0.39 is 7.60 Å². The molecule has 0 saturated heterocycles. The SMILES string of the molecule is CCOP(=O)(O[C@H]1CC[C@@]2(C)C(=CC[C@H]3[C@@H]4CC[C@H]([C@H](C)CCCC(C)C)[C@@]4(C)CC[C@@H]32)C1)c1ccc2ccccc2c1. The van der Waals surface area contributed by atoms with Crippen LogP contribution in [-0.4, -0.2) is 12.7 Å². The minimum atomic E-state index is -3.42. The Morgan fingerprint density at radius 2 is 1.72 bits per heavy atom. The Morgan fingerprint density at radius 1 is 0.930 bits per heavy atom. The second-order valence-corrected chi connectivity index (χ2v) is 17.7. The van der Waals surface area contributed by atoms with E-state index in [9.17, 15) is 4.57 Å². The van der Waals surface area contributed by atoms with Gasteiger partial charge in [0.1, 0.15) is 0 Å². The highest BCUT2D eigenvalue weighted by atomic mass is 31.2. The lowest BCUT2D eigenvalue weighted by Gasteiger charge is -2.58. The van der Waals surface area contributed by atoms with Crippen molar-refractivity contribution in [2.75, 3.05) is 6.61 Å². The summed E-state index contributed by atoms with van der Waals surface area (Å²) in [7, 11) is -3.42. The lowest BCUT2D eigenvalue weighted by molar-refractivity contribution is -0.0563. The summed E-state index contributed by atoms with van der Waals surface area (Å²) >= 11 is 0. The molecule has 0 aromatic heterocycles. The van der Waals surface area contributed by atoms with Crippen LogP contribution in [0.1, 0.15) is 112 Å². The van der Waals surface area contributed by atoms with Gasteiger partial charge in [-0.2, -0.15) is 0 Å². The molecule has 3 saturated carbocycles. The highest BCUT2D eigenvalue weighted by molar-refractivity contribution is 7.62. The molecule has 0 radical (unpaired) electrons. The monoisotopic (exact) mass is 604 g/mol. The second-order valence-electron chi connectivity index (χ2n) is 15.7. The third-order valence-electron chi connectivity index (χ3n) is 12.9. The van der Waals surface area contributed by atoms with E-state index in [-0.39, 0.29) is 11.5 Å². The van der Waals surface area contributed by atoms with E-state index >= 15 is 0 Å². The predicted molar refractivity (Wildman–Crippen MR) is 181 cm³/mol. The van der Waals surface area contributed by atoms with Gasteiger partial charge in [0.15, 0.2) is 0 Å². The summed E-state index contributed by atoms with van der Waals surface area (Å²) in [5.74, 6) is 5.05. The van der Waals surface area contributed by atoms with E-state index in [2.05, 4.69) is 52.8 Å². The van der Waals surface area contributed by atoms with E-state index in [0.29, 0.717) is 17.3 Å². The summed E-state index contributed by atoms with van der Waals surface area (Å²) in [6.45, 7) is 14.9. The molecule has 0 aliphatic heterocycles. The Bertz CT molecular complexity index is 1360. The number of rotatable bonds is 10. The average Bonchev–Trinajstić information content (AvgIpc) is 3.34. The van der Waals surface area contributed by atoms with Crippen molar-refractivity contribution in [2.24, 2.45) is 46.3 Å². The first-order valence-electron chi connectivity index (χ1n) is 17.7. The maximum absolute atomic E-state index is 14.3. The highest BCUT2D eigenvalue weighted by Gasteiger charge is 2.59. The van der Waals surface area contributed by atoms with E-state index in [1.807, 2.05) is 37.3 Å². The normalized spacial score (nSPS) is 36.0. The third-order valence-corrected chi connectivity index (χ3v) is 15.0. The van der Waals surface area contributed by atoms with Crippen LogP contribution < -0.4 is 5.30 Å². The van der Waals surface area contributed by atoms with Crippen LogP contribution in [0.3, 0.4) is 0 Å². The number of hydrogen-bond donors (Lipinski definition) is 0. The smallest absolute Gasteiger partial charge is 0.305 e. The van der Waals surface area contributed by atoms with Crippen molar-refractivity contribution in [3.05, 3.63) is 54.1 Å². The highest BCUT2D eigenvalue weighted by Crippen LogP contribution is 2.68. The largest absolute Gasteiger partial charge is 0.361 e. The van der Waals surface area contributed by atoms with Crippen molar-refractivity contribution in [1.29, 1.82) is 0 Å². The van der Waals surface area contributed by atoms with Gasteiger partial charge in [-0.15, -0.1) is 0 Å². The van der Waals surface area contributed by atoms with E-state index in [0.717, 1.165) is 65.5 Å². The zero-order valence-corrected chi connectivity index (χ0v) is 28.7. The van der Waals surface area contributed by atoms with Crippen LogP contribution in [0, 0.1) is 46.3 Å². The zero-order chi connectivity index (χ0) is 30.4. The number of allylic oxidation sites excluding steroid dienone is 1. The quantitative estimate of drug-likeness (QED) is 0.200. The topological polar surface area (TPSA) is 35.5 Å². The molecule has 4 heteroatoms. The maximum atomic E-state index is 14.3. The first kappa shape index (κ1) is 31.6. The zero-order valence-electron chi connectivity index (χ0n) is 27.8. The van der Waals surface area contributed by atoms with Crippen LogP contribution in [0.2, 0.25) is 0 Å². The molecule has 0 heterocycles. The Morgan fingerprint density at radius 3 is 2.49 bits per heavy atom. The molecule has 3 nitrogen and oxygen atoms in total. The van der Waals surface area contributed by atoms with Gasteiger partial charge in [-0.05, 0) is 128 Å². The first-order valence-corrected chi connectivity index (χ1v) is 19.2. The van der Waals surface area contributed by atoms with E-state index in [1.165, 1.54) is 51.4 Å². The fraction of sp³-hybridized carbons (Fsp3) is 0.692. The molecular formula is C39H57O3P. The molecule has 4 aliphatic carbocycles. The third kappa shape index (κ3) is 5.86. The number of benzene rings is 2. The fourth-order valence-electron chi connectivity index (χ4n) is 10.6. The molecule has 43 heavy (non-hydrogen) atoms. The molecule has 0 bridgehead atoms. The summed E-state index contributed by atoms with van der Waals surface area (Å²) in [5, 5.41) is 2.89. The van der Waals surface area contributed by atoms with Gasteiger partial charge in [-0.25, -0.2) is 0 Å². The molecule has 4 aliphatic rings. The minimum absolute atomic E-state index is 0.0591. The molecule has 2 aromatic rings. The van der Waals surface area contributed by atoms with Crippen molar-refractivity contribution in [1.82, 2.24) is 0 Å². The van der Waals surface area contributed by atoms with Crippen molar-refractivity contribution < 1.29 is 13.6 Å². The Balaban J connectivity index is 1.16. The molecule has 2 aromatic carbocycles. The molecule has 0 N–H and O–H groups in total. The number of hydrogen-bond acceptors (Lipinski definition) is 3. The molecule has 236 valence electrons. The van der Waals surface area contributed by atoms with Gasteiger partial charge in [-0.1, -0.05) is 95.9 Å². The van der Waals surface area contributed by atoms with Crippen LogP contribution in [0.4, 0.5) is 0 Å². The van der Waals surface area contributed by atoms with Gasteiger partial charge in [-0.3, -0.25) is 4.57 Å². The molecule has 6 rings (SSSR count). The second kappa shape index (κ2) is 12.4. The van der Waals surface area contributed by atoms with Gasteiger partial charge in [0.25, 0.3) is 0 Å². The molecule has 3 fully saturated rings. The van der Waals surface area contributed by atoms with Gasteiger partial charge in [0.2, 0.25) is 0 Å². The summed E-state index contributed by atoms with van der Waals surface area (Å²) in [5.41, 5.74) is 2.35. The maximum Gasteiger partial charge on any atom is 0.361 e. The van der Waals surface area contributed by atoms with Crippen molar-refractivity contribution in [3.8, 4) is 0 Å². The molecule has 1 unspecified atom stereocenters. The minimum Gasteiger partial charge on any atom is -0.305 e. The van der Waals surface area contributed by atoms with Crippen LogP contribution in [-0.2, 0) is 13.6 Å². The number of fused-ring (bicyclic) bond motifs is 6. The Hall–Kier alpha value is -1.41. The predicted octanol–water partition coefficient (Wildman–Crippen LogP) is 11.1. The van der Waals surface area contributed by atoms with Crippen LogP contribution in [0.5, 0.6) is 0 Å². The molecular weight excluding hydrogens is 547 g/mol. The van der Waals surface area contributed by atoms with Crippen LogP contribution >= 0.6 is 7.60 Å². The van der Waals surface area contributed by atoms with E-state index in [1.54, 1.807) is 5.57 Å². The lowest BCUT2D eigenvalue weighted by atomic mass is 9.47. The Kier molecular flexibility index (Phi) is 9.11. The summed E-state index contributed by atoms with van der Waals surface area (Å²) in [4.78, 5) is 0. The summed E-state index contributed by atoms with van der Waals surface area (Å²) in [6, 6.07) is 14.2. The standard InChI is InChI=1S/C39H57O3P/c1-7-41-43(40,33-17-15-29-13-8-9-14-30(29)25-33)42-32-21-23-38(5)31(26-32)16-18-34-36-20-19-35(28(4)12-10-11-27(2)3)39(36,6)24-22-37(34)38/h8-9,13-17,25,27-28,32,34-37H,7,10-12,18-24,26H2,1-6H3/t28-,32+,34+,35-,36+,37+,38+,39-,43?/m1/s1. The van der Waals surface area contributed by atoms with Gasteiger partial charge >= 0.3 is 7.60 Å². The van der Waals surface area contributed by atoms with Crippen molar-refractivity contribution in [3.63, 3.8) is 0 Å². The van der Waals surface area contributed by atoms with E-state index in [4.69, 9.17) is 9.05 Å². The molecule has 0 spiro atoms. The van der Waals surface area contributed by atoms with Gasteiger partial charge in [0.05, 0.1) is 18.0 Å². The van der Waals surface area contributed by atoms with Crippen molar-refractivity contribution >= 4 is 23.7 Å². The molecule has 0 amide bonds. The average molecular weight is 605 g/mol. The first-order chi connectivity index (χ1) is 20.6. The lowest BCUT2D eigenvalue weighted by Crippen LogP contribution is -2.51. The fourth-order valence-corrected chi connectivity index (χ4v) is 12.4. The summed E-state index contributed by atoms with van der Waals surface area (Å²) in [6.07, 6.45) is 16.6. The van der Waals surface area contributed by atoms with Crippen LogP contribution in [0.25, 0.3) is 10.8 Å². The Labute approximate surface area is 262 Å². The van der Waals surface area contributed by atoms with Gasteiger partial charge in [0, 0.05) is 0 Å². The van der Waals surface area contributed by atoms with Crippen molar-refractivity contribution in [2.45, 2.75) is 118 Å². The summed E-state index contributed by atoms with van der Waals surface area (Å²) < 4.78 is 26.8. The molecule has 9 atom stereocenters. The van der Waals surface area contributed by atoms with Crippen LogP contribution in [0.15, 0.2) is 54.1 Å². The van der Waals surface area contributed by atoms with Gasteiger partial charge < -0.3 is 9.05 Å².